The highest BCUT2D eigenvalue weighted by atomic mass is 16.5. The Balaban J connectivity index is 1.29. The molecule has 5 rings (SSSR count). The Kier molecular flexibility index (Phi) is 5.53. The number of anilines is 1. The monoisotopic (exact) mass is 439 g/mol. The van der Waals surface area contributed by atoms with Crippen molar-refractivity contribution in [3.63, 3.8) is 0 Å². The van der Waals surface area contributed by atoms with Crippen molar-refractivity contribution >= 4 is 17.5 Å². The number of nitrogens with zero attached hydrogens (tertiary/aromatic N) is 1. The van der Waals surface area contributed by atoms with Crippen molar-refractivity contribution in [2.24, 2.45) is 11.8 Å². The molecule has 1 saturated heterocycles. The largest absolute Gasteiger partial charge is 0.457 e. The Morgan fingerprint density at radius 1 is 0.697 bits per heavy atom. The van der Waals surface area contributed by atoms with Crippen molar-refractivity contribution in [1.29, 1.82) is 0 Å². The summed E-state index contributed by atoms with van der Waals surface area (Å²) in [5.74, 6) is 1.05. The molecule has 0 N–H and O–H groups in total. The van der Waals surface area contributed by atoms with E-state index in [-0.39, 0.29) is 29.1 Å². The number of hydrogen-bond donors (Lipinski definition) is 0. The first-order valence-electron chi connectivity index (χ1n) is 11.8. The van der Waals surface area contributed by atoms with Gasteiger partial charge in [0.05, 0.1) is 17.5 Å². The van der Waals surface area contributed by atoms with Gasteiger partial charge >= 0.3 is 0 Å². The third-order valence-corrected chi connectivity index (χ3v) is 7.24. The Hall–Kier alpha value is -3.40. The van der Waals surface area contributed by atoms with Crippen LogP contribution in [0.5, 0.6) is 11.5 Å². The van der Waals surface area contributed by atoms with Gasteiger partial charge < -0.3 is 4.74 Å². The third-order valence-electron chi connectivity index (χ3n) is 7.24. The van der Waals surface area contributed by atoms with Crippen LogP contribution in [0.1, 0.15) is 50.7 Å². The SMILES string of the molecule is CC(C)(c1ccccc1)c1ccc(Oc2ccc(N3C(=O)C4CCCCC4C3=O)cc2)cc1. The molecule has 1 aliphatic carbocycles. The van der Waals surface area contributed by atoms with Crippen LogP contribution in [-0.2, 0) is 15.0 Å². The van der Waals surface area contributed by atoms with Crippen molar-refractivity contribution in [2.75, 3.05) is 4.90 Å². The number of imide groups is 1. The van der Waals surface area contributed by atoms with Crippen LogP contribution in [0.2, 0.25) is 0 Å². The molecule has 2 amide bonds. The van der Waals surface area contributed by atoms with Crippen LogP contribution in [-0.4, -0.2) is 11.8 Å². The quantitative estimate of drug-likeness (QED) is 0.427. The van der Waals surface area contributed by atoms with Gasteiger partial charge in [0.25, 0.3) is 0 Å². The summed E-state index contributed by atoms with van der Waals surface area (Å²) in [6.07, 6.45) is 3.71. The lowest BCUT2D eigenvalue weighted by molar-refractivity contribution is -0.122. The summed E-state index contributed by atoms with van der Waals surface area (Å²) >= 11 is 0. The van der Waals surface area contributed by atoms with E-state index in [1.165, 1.54) is 16.0 Å². The van der Waals surface area contributed by atoms with Gasteiger partial charge in [-0.2, -0.15) is 0 Å². The van der Waals surface area contributed by atoms with Gasteiger partial charge in [0, 0.05) is 5.41 Å². The van der Waals surface area contributed by atoms with E-state index in [9.17, 15) is 9.59 Å². The average Bonchev–Trinajstić information content (AvgIpc) is 3.11. The first-order chi connectivity index (χ1) is 15.9. The second-order valence-electron chi connectivity index (χ2n) is 9.62. The van der Waals surface area contributed by atoms with Crippen LogP contribution in [0.4, 0.5) is 5.69 Å². The van der Waals surface area contributed by atoms with Crippen LogP contribution in [0.15, 0.2) is 78.9 Å². The summed E-state index contributed by atoms with van der Waals surface area (Å²) in [7, 11) is 0. The molecule has 0 spiro atoms. The van der Waals surface area contributed by atoms with Crippen molar-refractivity contribution in [2.45, 2.75) is 44.9 Å². The van der Waals surface area contributed by atoms with Gasteiger partial charge in [-0.3, -0.25) is 14.5 Å². The predicted octanol–water partition coefficient (Wildman–Crippen LogP) is 6.48. The number of ether oxygens (including phenoxy) is 1. The minimum absolute atomic E-state index is 0.0463. The topological polar surface area (TPSA) is 46.6 Å². The van der Waals surface area contributed by atoms with E-state index in [1.54, 1.807) is 12.1 Å². The summed E-state index contributed by atoms with van der Waals surface area (Å²) in [5, 5.41) is 0. The Bertz CT molecular complexity index is 1130. The molecule has 2 atom stereocenters. The Labute approximate surface area is 195 Å². The minimum Gasteiger partial charge on any atom is -0.457 e. The third kappa shape index (κ3) is 3.95. The van der Waals surface area contributed by atoms with Crippen LogP contribution < -0.4 is 9.64 Å². The first-order valence-corrected chi connectivity index (χ1v) is 11.8. The first kappa shape index (κ1) is 21.4. The van der Waals surface area contributed by atoms with Crippen molar-refractivity contribution in [1.82, 2.24) is 0 Å². The lowest BCUT2D eigenvalue weighted by atomic mass is 9.78. The molecule has 1 saturated carbocycles. The van der Waals surface area contributed by atoms with Gasteiger partial charge in [-0.1, -0.05) is 69.2 Å². The number of fused-ring (bicyclic) bond motifs is 1. The summed E-state index contributed by atoms with van der Waals surface area (Å²) in [4.78, 5) is 27.0. The van der Waals surface area contributed by atoms with Crippen molar-refractivity contribution < 1.29 is 14.3 Å². The molecule has 2 fully saturated rings. The van der Waals surface area contributed by atoms with Gasteiger partial charge in [0.1, 0.15) is 11.5 Å². The maximum atomic E-state index is 12.8. The molecule has 0 aromatic heterocycles. The zero-order chi connectivity index (χ0) is 23.0. The number of carbonyl (C=O) groups is 2. The molecule has 0 bridgehead atoms. The molecule has 3 aromatic rings. The van der Waals surface area contributed by atoms with Gasteiger partial charge in [0.2, 0.25) is 11.8 Å². The van der Waals surface area contributed by atoms with E-state index in [0.717, 1.165) is 31.4 Å². The molecule has 4 heteroatoms. The van der Waals surface area contributed by atoms with Gasteiger partial charge in [-0.05, 0) is 60.4 Å². The van der Waals surface area contributed by atoms with Crippen molar-refractivity contribution in [3.05, 3.63) is 90.0 Å². The number of amides is 2. The fourth-order valence-electron chi connectivity index (χ4n) is 5.18. The van der Waals surface area contributed by atoms with E-state index < -0.39 is 0 Å². The van der Waals surface area contributed by atoms with Crippen LogP contribution in [0.25, 0.3) is 0 Å². The number of benzene rings is 3. The van der Waals surface area contributed by atoms with Crippen LogP contribution in [0.3, 0.4) is 0 Å². The van der Waals surface area contributed by atoms with Gasteiger partial charge in [-0.25, -0.2) is 0 Å². The minimum atomic E-state index is -0.138. The molecule has 2 aliphatic rings. The Morgan fingerprint density at radius 2 is 1.18 bits per heavy atom. The fraction of sp³-hybridized carbons (Fsp3) is 0.310. The number of rotatable bonds is 5. The molecule has 1 heterocycles. The van der Waals surface area contributed by atoms with E-state index in [4.69, 9.17) is 4.74 Å². The van der Waals surface area contributed by atoms with E-state index in [2.05, 4.69) is 50.2 Å². The number of hydrogen-bond acceptors (Lipinski definition) is 3. The van der Waals surface area contributed by atoms with E-state index >= 15 is 0 Å². The second kappa shape index (κ2) is 8.51. The molecule has 2 unspecified atom stereocenters. The van der Waals surface area contributed by atoms with Crippen LogP contribution in [0, 0.1) is 11.8 Å². The molecule has 168 valence electrons. The highest BCUT2D eigenvalue weighted by Crippen LogP contribution is 2.40. The lowest BCUT2D eigenvalue weighted by Gasteiger charge is -2.26. The summed E-state index contributed by atoms with van der Waals surface area (Å²) in [5.41, 5.74) is 3.00. The smallest absolute Gasteiger partial charge is 0.237 e. The molecule has 4 nitrogen and oxygen atoms in total. The molecular weight excluding hydrogens is 410 g/mol. The maximum Gasteiger partial charge on any atom is 0.237 e. The molecule has 1 aliphatic heterocycles. The Morgan fingerprint density at radius 3 is 1.73 bits per heavy atom. The zero-order valence-electron chi connectivity index (χ0n) is 19.2. The molecule has 3 aromatic carbocycles. The summed E-state index contributed by atoms with van der Waals surface area (Å²) in [6.45, 7) is 4.43. The maximum absolute atomic E-state index is 12.8. The lowest BCUT2D eigenvalue weighted by Crippen LogP contribution is -2.30. The molecular formula is C29H29NO3. The average molecular weight is 440 g/mol. The van der Waals surface area contributed by atoms with Gasteiger partial charge in [-0.15, -0.1) is 0 Å². The van der Waals surface area contributed by atoms with Crippen LogP contribution >= 0.6 is 0 Å². The highest BCUT2D eigenvalue weighted by Gasteiger charge is 2.48. The zero-order valence-corrected chi connectivity index (χ0v) is 19.2. The summed E-state index contributed by atoms with van der Waals surface area (Å²) in [6, 6.07) is 25.9. The van der Waals surface area contributed by atoms with Crippen molar-refractivity contribution in [3.8, 4) is 11.5 Å². The summed E-state index contributed by atoms with van der Waals surface area (Å²) < 4.78 is 6.03. The standard InChI is InChI=1S/C29H29NO3/c1-29(2,20-8-4-3-5-9-20)21-12-16-23(17-13-21)33-24-18-14-22(15-19-24)30-27(31)25-10-6-7-11-26(25)28(30)32/h3-5,8-9,12-19,25-26H,6-7,10-11H2,1-2H3. The van der Waals surface area contributed by atoms with E-state index in [0.29, 0.717) is 11.4 Å². The normalized spacial score (nSPS) is 20.6. The van der Waals surface area contributed by atoms with Gasteiger partial charge in [0.15, 0.2) is 0 Å². The predicted molar refractivity (Wildman–Crippen MR) is 129 cm³/mol. The highest BCUT2D eigenvalue weighted by molar-refractivity contribution is 6.22. The molecule has 0 radical (unpaired) electrons. The fourth-order valence-corrected chi connectivity index (χ4v) is 5.18. The second-order valence-corrected chi connectivity index (χ2v) is 9.62. The molecule has 33 heavy (non-hydrogen) atoms. The van der Waals surface area contributed by atoms with E-state index in [1.807, 2.05) is 30.3 Å². The number of carbonyl (C=O) groups excluding carboxylic acids is 2.